The van der Waals surface area contributed by atoms with Gasteiger partial charge in [-0.2, -0.15) is 0 Å². The normalized spacial score (nSPS) is 12.2. The number of aliphatic hydroxyl groups is 1. The molecular formula is C15H19N3O. The molecule has 0 saturated heterocycles. The van der Waals surface area contributed by atoms with Gasteiger partial charge in [-0.3, -0.25) is 4.98 Å². The van der Waals surface area contributed by atoms with Crippen molar-refractivity contribution in [3.05, 3.63) is 54.0 Å². The monoisotopic (exact) mass is 257 g/mol. The molecule has 0 bridgehead atoms. The van der Waals surface area contributed by atoms with Gasteiger partial charge in [-0.05, 0) is 49.2 Å². The fraction of sp³-hybridized carbons (Fsp3) is 0.333. The molecule has 0 amide bonds. The number of nitrogens with zero attached hydrogens (tertiary/aromatic N) is 3. The van der Waals surface area contributed by atoms with Crippen molar-refractivity contribution in [2.45, 2.75) is 26.5 Å². The molecule has 19 heavy (non-hydrogen) atoms. The Morgan fingerprint density at radius 2 is 1.95 bits per heavy atom. The van der Waals surface area contributed by atoms with Crippen LogP contribution in [0.15, 0.2) is 42.9 Å². The Hall–Kier alpha value is -1.94. The van der Waals surface area contributed by atoms with E-state index >= 15 is 0 Å². The third kappa shape index (κ3) is 3.51. The number of pyridine rings is 2. The van der Waals surface area contributed by atoms with Crippen molar-refractivity contribution in [2.75, 3.05) is 11.4 Å². The minimum Gasteiger partial charge on any atom is -0.389 e. The smallest absolute Gasteiger partial charge is 0.129 e. The van der Waals surface area contributed by atoms with Crippen molar-refractivity contribution >= 4 is 5.82 Å². The maximum absolute atomic E-state index is 9.64. The highest BCUT2D eigenvalue weighted by Crippen LogP contribution is 2.19. The van der Waals surface area contributed by atoms with Crippen molar-refractivity contribution in [2.24, 2.45) is 0 Å². The minimum atomic E-state index is -0.471. The zero-order chi connectivity index (χ0) is 13.7. The average Bonchev–Trinajstić information content (AvgIpc) is 2.46. The molecule has 0 aromatic carbocycles. The van der Waals surface area contributed by atoms with E-state index in [0.717, 1.165) is 24.5 Å². The Kier molecular flexibility index (Phi) is 4.47. The topological polar surface area (TPSA) is 49.2 Å². The third-order valence-electron chi connectivity index (χ3n) is 3.08. The van der Waals surface area contributed by atoms with Crippen LogP contribution < -0.4 is 4.90 Å². The molecular weight excluding hydrogens is 238 g/mol. The number of anilines is 1. The zero-order valence-electron chi connectivity index (χ0n) is 11.3. The quantitative estimate of drug-likeness (QED) is 0.894. The third-order valence-corrected chi connectivity index (χ3v) is 3.08. The molecule has 0 saturated carbocycles. The maximum atomic E-state index is 9.64. The molecule has 1 atom stereocenters. The summed E-state index contributed by atoms with van der Waals surface area (Å²) in [5.74, 6) is 0.887. The fourth-order valence-electron chi connectivity index (χ4n) is 1.93. The summed E-state index contributed by atoms with van der Waals surface area (Å²) in [6.07, 6.45) is 4.86. The van der Waals surface area contributed by atoms with Crippen LogP contribution in [0, 0.1) is 0 Å². The van der Waals surface area contributed by atoms with Gasteiger partial charge < -0.3 is 10.0 Å². The van der Waals surface area contributed by atoms with E-state index in [4.69, 9.17) is 0 Å². The molecule has 100 valence electrons. The minimum absolute atomic E-state index is 0.471. The SMILES string of the molecule is CCN(Cc1ccncc1)c1cc([C@@H](C)O)ccn1. The van der Waals surface area contributed by atoms with Crippen LogP contribution in [-0.2, 0) is 6.54 Å². The highest BCUT2D eigenvalue weighted by Gasteiger charge is 2.09. The molecule has 0 aliphatic heterocycles. The summed E-state index contributed by atoms with van der Waals surface area (Å²) < 4.78 is 0. The molecule has 2 aromatic heterocycles. The van der Waals surface area contributed by atoms with Gasteiger partial charge in [0.25, 0.3) is 0 Å². The molecule has 0 aliphatic carbocycles. The van der Waals surface area contributed by atoms with Crippen LogP contribution in [0.5, 0.6) is 0 Å². The number of rotatable bonds is 5. The molecule has 4 heteroatoms. The van der Waals surface area contributed by atoms with Crippen molar-refractivity contribution in [1.82, 2.24) is 9.97 Å². The summed E-state index contributed by atoms with van der Waals surface area (Å²) in [6.45, 7) is 5.50. The highest BCUT2D eigenvalue weighted by atomic mass is 16.3. The lowest BCUT2D eigenvalue weighted by Crippen LogP contribution is -2.23. The molecule has 0 fully saturated rings. The second kappa shape index (κ2) is 6.29. The van der Waals surface area contributed by atoms with Crippen molar-refractivity contribution < 1.29 is 5.11 Å². The van der Waals surface area contributed by atoms with Gasteiger partial charge in [-0.25, -0.2) is 4.98 Å². The lowest BCUT2D eigenvalue weighted by molar-refractivity contribution is 0.199. The highest BCUT2D eigenvalue weighted by molar-refractivity contribution is 5.42. The fourth-order valence-corrected chi connectivity index (χ4v) is 1.93. The number of aromatic nitrogens is 2. The molecule has 0 aliphatic rings. The van der Waals surface area contributed by atoms with E-state index in [1.807, 2.05) is 24.3 Å². The second-order valence-corrected chi connectivity index (χ2v) is 4.49. The van der Waals surface area contributed by atoms with Gasteiger partial charge >= 0.3 is 0 Å². The lowest BCUT2D eigenvalue weighted by atomic mass is 10.1. The zero-order valence-corrected chi connectivity index (χ0v) is 11.3. The van der Waals surface area contributed by atoms with Crippen LogP contribution in [0.2, 0.25) is 0 Å². The van der Waals surface area contributed by atoms with Crippen molar-refractivity contribution in [3.63, 3.8) is 0 Å². The summed E-state index contributed by atoms with van der Waals surface area (Å²) in [7, 11) is 0. The Morgan fingerprint density at radius 1 is 1.21 bits per heavy atom. The first kappa shape index (κ1) is 13.5. The van der Waals surface area contributed by atoms with Crippen molar-refractivity contribution in [3.8, 4) is 0 Å². The predicted octanol–water partition coefficient (Wildman–Crippen LogP) is 2.56. The van der Waals surface area contributed by atoms with Gasteiger partial charge in [0.2, 0.25) is 0 Å². The molecule has 1 N–H and O–H groups in total. The number of hydrogen-bond donors (Lipinski definition) is 1. The Bertz CT molecular complexity index is 514. The summed E-state index contributed by atoms with van der Waals surface area (Å²) in [5, 5.41) is 9.64. The van der Waals surface area contributed by atoms with E-state index in [-0.39, 0.29) is 0 Å². The first-order valence-corrected chi connectivity index (χ1v) is 6.48. The largest absolute Gasteiger partial charge is 0.389 e. The van der Waals surface area contributed by atoms with E-state index in [0.29, 0.717) is 0 Å². The van der Waals surface area contributed by atoms with Gasteiger partial charge in [0, 0.05) is 31.7 Å². The van der Waals surface area contributed by atoms with Crippen LogP contribution in [0.4, 0.5) is 5.82 Å². The van der Waals surface area contributed by atoms with E-state index < -0.39 is 6.10 Å². The Balaban J connectivity index is 2.20. The summed E-state index contributed by atoms with van der Waals surface area (Å²) >= 11 is 0. The molecule has 4 nitrogen and oxygen atoms in total. The maximum Gasteiger partial charge on any atom is 0.129 e. The van der Waals surface area contributed by atoms with Gasteiger partial charge in [0.1, 0.15) is 5.82 Å². The van der Waals surface area contributed by atoms with Gasteiger partial charge in [-0.1, -0.05) is 0 Å². The Labute approximate surface area is 113 Å². The summed E-state index contributed by atoms with van der Waals surface area (Å²) in [4.78, 5) is 10.6. The van der Waals surface area contributed by atoms with E-state index in [1.54, 1.807) is 25.5 Å². The predicted molar refractivity (Wildman–Crippen MR) is 75.8 cm³/mol. The molecule has 2 heterocycles. The van der Waals surface area contributed by atoms with Gasteiger partial charge in [-0.15, -0.1) is 0 Å². The second-order valence-electron chi connectivity index (χ2n) is 4.49. The first-order chi connectivity index (χ1) is 9.20. The Morgan fingerprint density at radius 3 is 2.58 bits per heavy atom. The van der Waals surface area contributed by atoms with Gasteiger partial charge in [0.05, 0.1) is 6.10 Å². The van der Waals surface area contributed by atoms with Crippen LogP contribution in [-0.4, -0.2) is 21.6 Å². The number of hydrogen-bond acceptors (Lipinski definition) is 4. The van der Waals surface area contributed by atoms with Crippen LogP contribution in [0.1, 0.15) is 31.1 Å². The standard InChI is InChI=1S/C15H19N3O/c1-3-18(11-13-4-7-16-8-5-13)15-10-14(12(2)19)6-9-17-15/h4-10,12,19H,3,11H2,1-2H3/t12-/m1/s1. The van der Waals surface area contributed by atoms with Crippen LogP contribution >= 0.6 is 0 Å². The lowest BCUT2D eigenvalue weighted by Gasteiger charge is -2.22. The van der Waals surface area contributed by atoms with Gasteiger partial charge in [0.15, 0.2) is 0 Å². The van der Waals surface area contributed by atoms with E-state index in [2.05, 4.69) is 21.8 Å². The van der Waals surface area contributed by atoms with Crippen LogP contribution in [0.3, 0.4) is 0 Å². The summed E-state index contributed by atoms with van der Waals surface area (Å²) in [6, 6.07) is 7.78. The van der Waals surface area contributed by atoms with E-state index in [9.17, 15) is 5.11 Å². The summed E-state index contributed by atoms with van der Waals surface area (Å²) in [5.41, 5.74) is 2.08. The van der Waals surface area contributed by atoms with E-state index in [1.165, 1.54) is 5.56 Å². The first-order valence-electron chi connectivity index (χ1n) is 6.48. The molecule has 0 radical (unpaired) electrons. The molecule has 2 rings (SSSR count). The molecule has 2 aromatic rings. The molecule has 0 unspecified atom stereocenters. The number of aliphatic hydroxyl groups excluding tert-OH is 1. The van der Waals surface area contributed by atoms with Crippen LogP contribution in [0.25, 0.3) is 0 Å². The molecule has 0 spiro atoms. The average molecular weight is 257 g/mol. The van der Waals surface area contributed by atoms with Crippen molar-refractivity contribution in [1.29, 1.82) is 0 Å².